The number of aliphatic hydroxyl groups excluding tert-OH is 1. The number of hydrogen-bond donors (Lipinski definition) is 2. The van der Waals surface area contributed by atoms with Gasteiger partial charge in [-0.1, -0.05) is 40.0 Å². The van der Waals surface area contributed by atoms with Crippen LogP contribution in [0.1, 0.15) is 66.5 Å². The van der Waals surface area contributed by atoms with E-state index in [2.05, 4.69) is 11.9 Å². The predicted molar refractivity (Wildman–Crippen MR) is 105 cm³/mol. The SMILES string of the molecule is CCCCCC(C)(C)C(=O)OC[C@H]1O[C@@H](n2ccc(N)nc2=O)C(C)(C)C1O. The summed E-state index contributed by atoms with van der Waals surface area (Å²) >= 11 is 0. The minimum atomic E-state index is -0.919. The van der Waals surface area contributed by atoms with Crippen LogP contribution in [0, 0.1) is 10.8 Å². The van der Waals surface area contributed by atoms with Crippen molar-refractivity contribution in [3.63, 3.8) is 0 Å². The smallest absolute Gasteiger partial charge is 0.351 e. The van der Waals surface area contributed by atoms with Crippen molar-refractivity contribution < 1.29 is 19.4 Å². The van der Waals surface area contributed by atoms with Crippen LogP contribution in [0.5, 0.6) is 0 Å². The molecule has 158 valence electrons. The Hall–Kier alpha value is -1.93. The molecule has 1 saturated heterocycles. The van der Waals surface area contributed by atoms with Crippen LogP contribution in [0.4, 0.5) is 5.82 Å². The normalized spacial score (nSPS) is 24.3. The average Bonchev–Trinajstić information content (AvgIpc) is 2.83. The van der Waals surface area contributed by atoms with Gasteiger partial charge < -0.3 is 20.3 Å². The number of ether oxygens (including phenoxy) is 2. The van der Waals surface area contributed by atoms with Crippen molar-refractivity contribution in [2.75, 3.05) is 12.3 Å². The Morgan fingerprint density at radius 2 is 2.11 bits per heavy atom. The van der Waals surface area contributed by atoms with Crippen molar-refractivity contribution in [2.24, 2.45) is 10.8 Å². The summed E-state index contributed by atoms with van der Waals surface area (Å²) in [6.07, 6.45) is 2.96. The van der Waals surface area contributed by atoms with Crippen LogP contribution in [0.15, 0.2) is 17.1 Å². The van der Waals surface area contributed by atoms with Gasteiger partial charge in [-0.25, -0.2) is 4.79 Å². The van der Waals surface area contributed by atoms with E-state index < -0.39 is 35.0 Å². The molecule has 0 amide bonds. The van der Waals surface area contributed by atoms with Crippen LogP contribution in [0.2, 0.25) is 0 Å². The number of carbonyl (C=O) groups excluding carboxylic acids is 1. The number of unbranched alkanes of at least 4 members (excludes halogenated alkanes) is 2. The first-order valence-corrected chi connectivity index (χ1v) is 9.86. The number of hydrogen-bond acceptors (Lipinski definition) is 7. The zero-order valence-corrected chi connectivity index (χ0v) is 17.5. The van der Waals surface area contributed by atoms with Crippen LogP contribution in [-0.2, 0) is 14.3 Å². The largest absolute Gasteiger partial charge is 0.462 e. The quantitative estimate of drug-likeness (QED) is 0.512. The van der Waals surface area contributed by atoms with E-state index in [-0.39, 0.29) is 18.4 Å². The molecule has 1 aromatic heterocycles. The first kappa shape index (κ1) is 22.4. The van der Waals surface area contributed by atoms with Gasteiger partial charge in [0.25, 0.3) is 0 Å². The van der Waals surface area contributed by atoms with Crippen LogP contribution in [0.3, 0.4) is 0 Å². The summed E-state index contributed by atoms with van der Waals surface area (Å²) in [5, 5.41) is 10.7. The van der Waals surface area contributed by atoms with Gasteiger partial charge in [0.15, 0.2) is 0 Å². The van der Waals surface area contributed by atoms with E-state index in [0.717, 1.165) is 25.7 Å². The maximum Gasteiger partial charge on any atom is 0.351 e. The Bertz CT molecular complexity index is 744. The lowest BCUT2D eigenvalue weighted by atomic mass is 9.84. The van der Waals surface area contributed by atoms with Crippen molar-refractivity contribution in [3.8, 4) is 0 Å². The van der Waals surface area contributed by atoms with Gasteiger partial charge in [-0.15, -0.1) is 0 Å². The molecule has 1 fully saturated rings. The molecule has 3 atom stereocenters. The van der Waals surface area contributed by atoms with Crippen LogP contribution >= 0.6 is 0 Å². The third-order valence-electron chi connectivity index (χ3n) is 5.50. The zero-order chi connectivity index (χ0) is 21.1. The van der Waals surface area contributed by atoms with E-state index in [9.17, 15) is 14.7 Å². The fourth-order valence-corrected chi connectivity index (χ4v) is 3.47. The van der Waals surface area contributed by atoms with E-state index in [1.165, 1.54) is 16.8 Å². The lowest BCUT2D eigenvalue weighted by Crippen LogP contribution is -2.39. The number of carbonyl (C=O) groups is 1. The summed E-state index contributed by atoms with van der Waals surface area (Å²) in [6, 6.07) is 1.50. The van der Waals surface area contributed by atoms with Crippen LogP contribution in [-0.4, -0.2) is 39.4 Å². The topological polar surface area (TPSA) is 117 Å². The van der Waals surface area contributed by atoms with Crippen molar-refractivity contribution in [2.45, 2.75) is 78.7 Å². The minimum absolute atomic E-state index is 0.0751. The van der Waals surface area contributed by atoms with Gasteiger partial charge in [-0.2, -0.15) is 4.98 Å². The highest BCUT2D eigenvalue weighted by atomic mass is 16.6. The summed E-state index contributed by atoms with van der Waals surface area (Å²) in [5.74, 6) is -0.194. The molecule has 1 aliphatic heterocycles. The number of esters is 1. The molecule has 2 rings (SSSR count). The number of nitrogen functional groups attached to an aromatic ring is 1. The molecule has 2 heterocycles. The average molecular weight is 396 g/mol. The fraction of sp³-hybridized carbons (Fsp3) is 0.750. The molecular weight excluding hydrogens is 362 g/mol. The van der Waals surface area contributed by atoms with Crippen molar-refractivity contribution in [1.82, 2.24) is 9.55 Å². The first-order valence-electron chi connectivity index (χ1n) is 9.86. The second kappa shape index (κ2) is 8.61. The Morgan fingerprint density at radius 1 is 1.43 bits per heavy atom. The van der Waals surface area contributed by atoms with E-state index >= 15 is 0 Å². The molecular formula is C20H33N3O5. The number of nitrogens with zero attached hydrogens (tertiary/aromatic N) is 2. The summed E-state index contributed by atoms with van der Waals surface area (Å²) in [6.45, 7) is 9.36. The van der Waals surface area contributed by atoms with E-state index in [4.69, 9.17) is 15.2 Å². The third kappa shape index (κ3) is 4.72. The molecule has 1 aromatic rings. The zero-order valence-electron chi connectivity index (χ0n) is 17.5. The van der Waals surface area contributed by atoms with Crippen molar-refractivity contribution in [1.29, 1.82) is 0 Å². The molecule has 8 heteroatoms. The van der Waals surface area contributed by atoms with Gasteiger partial charge in [-0.3, -0.25) is 9.36 Å². The molecule has 8 nitrogen and oxygen atoms in total. The standard InChI is InChI=1S/C20H33N3O5/c1-6-7-8-10-19(2,3)17(25)27-12-13-15(24)20(4,5)16(28-13)23-11-9-14(21)22-18(23)26/h9,11,13,15-16,24H,6-8,10,12H2,1-5H3,(H2,21,22,26)/t13-,15?,16-/m1/s1. The first-order chi connectivity index (χ1) is 13.0. The maximum atomic E-state index is 12.5. The lowest BCUT2D eigenvalue weighted by Gasteiger charge is -2.28. The number of nitrogens with two attached hydrogens (primary N) is 1. The van der Waals surface area contributed by atoms with Gasteiger partial charge in [0.1, 0.15) is 24.8 Å². The Balaban J connectivity index is 2.05. The van der Waals surface area contributed by atoms with E-state index in [1.54, 1.807) is 13.8 Å². The van der Waals surface area contributed by atoms with Gasteiger partial charge in [0.05, 0.1) is 11.5 Å². The molecule has 0 aliphatic carbocycles. The van der Waals surface area contributed by atoms with Gasteiger partial charge in [0.2, 0.25) is 0 Å². The minimum Gasteiger partial charge on any atom is -0.462 e. The highest BCUT2D eigenvalue weighted by Gasteiger charge is 2.51. The number of aliphatic hydroxyl groups is 1. The van der Waals surface area contributed by atoms with Gasteiger partial charge >= 0.3 is 11.7 Å². The second-order valence-corrected chi connectivity index (χ2v) is 8.77. The van der Waals surface area contributed by atoms with Gasteiger partial charge in [0, 0.05) is 11.6 Å². The molecule has 3 N–H and O–H groups in total. The van der Waals surface area contributed by atoms with E-state index in [1.807, 2.05) is 13.8 Å². The molecule has 0 bridgehead atoms. The molecule has 1 aliphatic rings. The Labute approximate surface area is 166 Å². The highest BCUT2D eigenvalue weighted by molar-refractivity contribution is 5.75. The predicted octanol–water partition coefficient (Wildman–Crippen LogP) is 2.26. The summed E-state index contributed by atoms with van der Waals surface area (Å²) < 4.78 is 12.7. The molecule has 0 radical (unpaired) electrons. The van der Waals surface area contributed by atoms with Crippen LogP contribution < -0.4 is 11.4 Å². The van der Waals surface area contributed by atoms with Crippen molar-refractivity contribution >= 4 is 11.8 Å². The summed E-state index contributed by atoms with van der Waals surface area (Å²) in [5.41, 5.74) is 3.61. The van der Waals surface area contributed by atoms with Crippen molar-refractivity contribution in [3.05, 3.63) is 22.7 Å². The lowest BCUT2D eigenvalue weighted by molar-refractivity contribution is -0.160. The molecule has 0 aromatic carbocycles. The van der Waals surface area contributed by atoms with Gasteiger partial charge in [-0.05, 0) is 26.3 Å². The third-order valence-corrected chi connectivity index (χ3v) is 5.50. The number of aromatic nitrogens is 2. The fourth-order valence-electron chi connectivity index (χ4n) is 3.47. The molecule has 0 spiro atoms. The highest BCUT2D eigenvalue weighted by Crippen LogP contribution is 2.44. The molecule has 28 heavy (non-hydrogen) atoms. The monoisotopic (exact) mass is 395 g/mol. The van der Waals surface area contributed by atoms with Crippen LogP contribution in [0.25, 0.3) is 0 Å². The van der Waals surface area contributed by atoms with E-state index in [0.29, 0.717) is 0 Å². The summed E-state index contributed by atoms with van der Waals surface area (Å²) in [7, 11) is 0. The molecule has 1 unspecified atom stereocenters. The Kier molecular flexibility index (Phi) is 6.88. The molecule has 0 saturated carbocycles. The summed E-state index contributed by atoms with van der Waals surface area (Å²) in [4.78, 5) is 28.4. The number of rotatable bonds is 8. The second-order valence-electron chi connectivity index (χ2n) is 8.77. The Morgan fingerprint density at radius 3 is 2.71 bits per heavy atom. The maximum absolute atomic E-state index is 12.5. The number of anilines is 1.